The molecule has 0 atom stereocenters. The molecule has 2 heterocycles. The van der Waals surface area contributed by atoms with Gasteiger partial charge in [-0.05, 0) is 30.0 Å². The van der Waals surface area contributed by atoms with Crippen molar-refractivity contribution in [3.63, 3.8) is 0 Å². The minimum absolute atomic E-state index is 0.0358. The Hall–Kier alpha value is -3.95. The Balaban J connectivity index is 1.63. The van der Waals surface area contributed by atoms with Crippen LogP contribution in [0, 0.1) is 5.92 Å². The molecule has 3 aromatic rings. The number of nitrogens with two attached hydrogens (primary N) is 1. The first-order valence-corrected chi connectivity index (χ1v) is 10.6. The molecule has 0 spiro atoms. The molecule has 0 aliphatic rings. The Morgan fingerprint density at radius 2 is 1.85 bits per heavy atom. The third-order valence-corrected chi connectivity index (χ3v) is 5.05. The van der Waals surface area contributed by atoms with Crippen LogP contribution in [0.25, 0.3) is 5.69 Å². The summed E-state index contributed by atoms with van der Waals surface area (Å²) < 4.78 is 8.79. The molecule has 174 valence electrons. The molecule has 0 saturated carbocycles. The number of ether oxygens (including phenoxy) is 1. The summed E-state index contributed by atoms with van der Waals surface area (Å²) >= 11 is 0. The number of para-hydroxylation sites is 1. The molecule has 10 heteroatoms. The molecule has 3 rings (SSSR count). The monoisotopic (exact) mass is 453 g/mol. The summed E-state index contributed by atoms with van der Waals surface area (Å²) in [4.78, 5) is 49.6. The van der Waals surface area contributed by atoms with Crippen molar-refractivity contribution in [2.45, 2.75) is 33.2 Å². The molecule has 0 radical (unpaired) electrons. The molecule has 0 bridgehead atoms. The lowest BCUT2D eigenvalue weighted by molar-refractivity contribution is -0.142. The predicted molar refractivity (Wildman–Crippen MR) is 122 cm³/mol. The Kier molecular flexibility index (Phi) is 7.27. The highest BCUT2D eigenvalue weighted by molar-refractivity contribution is 6.01. The van der Waals surface area contributed by atoms with Crippen molar-refractivity contribution in [2.75, 3.05) is 12.3 Å². The van der Waals surface area contributed by atoms with Gasteiger partial charge in [0.1, 0.15) is 11.4 Å². The average molecular weight is 453 g/mol. The van der Waals surface area contributed by atoms with Crippen LogP contribution in [0.3, 0.4) is 0 Å². The number of nitrogens with zero attached hydrogens (tertiary/aromatic N) is 4. The number of benzene rings is 1. The summed E-state index contributed by atoms with van der Waals surface area (Å²) in [6.45, 7) is 3.37. The number of carbonyl (C=O) groups is 2. The summed E-state index contributed by atoms with van der Waals surface area (Å²) in [7, 11) is 1.28. The fraction of sp³-hybridized carbons (Fsp3) is 0.348. The first kappa shape index (κ1) is 23.7. The molecule has 0 saturated heterocycles. The number of carbonyl (C=O) groups excluding carboxylic acids is 2. The largest absolute Gasteiger partial charge is 0.457 e. The zero-order valence-corrected chi connectivity index (χ0v) is 18.9. The van der Waals surface area contributed by atoms with Crippen LogP contribution >= 0.6 is 0 Å². The van der Waals surface area contributed by atoms with E-state index in [1.54, 1.807) is 10.9 Å². The quantitative estimate of drug-likeness (QED) is 0.382. The molecule has 2 aromatic heterocycles. The molecule has 0 aliphatic heterocycles. The third-order valence-electron chi connectivity index (χ3n) is 5.05. The molecular weight excluding hydrogens is 426 g/mol. The Morgan fingerprint density at radius 3 is 2.52 bits per heavy atom. The second-order valence-electron chi connectivity index (χ2n) is 8.12. The Labute approximate surface area is 190 Å². The van der Waals surface area contributed by atoms with E-state index in [2.05, 4.69) is 5.10 Å². The van der Waals surface area contributed by atoms with E-state index < -0.39 is 29.6 Å². The molecule has 1 aromatic carbocycles. The van der Waals surface area contributed by atoms with Crippen molar-refractivity contribution in [1.82, 2.24) is 18.9 Å². The molecule has 0 unspecified atom stereocenters. The predicted octanol–water partition coefficient (Wildman–Crippen LogP) is 1.33. The number of aryl methyl sites for hydroxylation is 1. The van der Waals surface area contributed by atoms with Gasteiger partial charge in [0.05, 0.1) is 11.9 Å². The number of Topliss-reactive ketones (excluding diaryl/α,β-unsaturated/α-hetero) is 1. The lowest BCUT2D eigenvalue weighted by Crippen LogP contribution is -2.43. The normalized spacial score (nSPS) is 11.0. The van der Waals surface area contributed by atoms with Gasteiger partial charge in [0.2, 0.25) is 5.78 Å². The van der Waals surface area contributed by atoms with Gasteiger partial charge in [0.15, 0.2) is 6.61 Å². The average Bonchev–Trinajstić information content (AvgIpc) is 3.27. The zero-order chi connectivity index (χ0) is 24.1. The van der Waals surface area contributed by atoms with E-state index in [9.17, 15) is 19.2 Å². The Morgan fingerprint density at radius 1 is 1.15 bits per heavy atom. The van der Waals surface area contributed by atoms with E-state index in [0.29, 0.717) is 6.42 Å². The maximum absolute atomic E-state index is 12.6. The van der Waals surface area contributed by atoms with Crippen molar-refractivity contribution >= 4 is 17.6 Å². The van der Waals surface area contributed by atoms with Gasteiger partial charge < -0.3 is 10.5 Å². The highest BCUT2D eigenvalue weighted by atomic mass is 16.5. The minimum Gasteiger partial charge on any atom is -0.457 e. The third kappa shape index (κ3) is 5.46. The van der Waals surface area contributed by atoms with Gasteiger partial charge in [0, 0.05) is 26.2 Å². The van der Waals surface area contributed by atoms with Crippen molar-refractivity contribution in [1.29, 1.82) is 0 Å². The second-order valence-corrected chi connectivity index (χ2v) is 8.12. The van der Waals surface area contributed by atoms with E-state index in [-0.39, 0.29) is 30.3 Å². The fourth-order valence-electron chi connectivity index (χ4n) is 3.33. The van der Waals surface area contributed by atoms with Crippen LogP contribution in [0.1, 0.15) is 36.2 Å². The number of hydrogen-bond acceptors (Lipinski definition) is 7. The van der Waals surface area contributed by atoms with Crippen LogP contribution in [0.2, 0.25) is 0 Å². The maximum Gasteiger partial charge on any atom is 0.332 e. The van der Waals surface area contributed by atoms with E-state index in [4.69, 9.17) is 10.5 Å². The van der Waals surface area contributed by atoms with Crippen molar-refractivity contribution in [3.8, 4) is 5.69 Å². The SMILES string of the molecule is CC(C)Cn1c(N)c(C(=O)COC(=O)CCc2cnn(-c3ccccc3)c2)c(=O)n(C)c1=O. The summed E-state index contributed by atoms with van der Waals surface area (Å²) in [6, 6.07) is 9.54. The van der Waals surface area contributed by atoms with Gasteiger partial charge in [-0.25, -0.2) is 9.48 Å². The molecule has 33 heavy (non-hydrogen) atoms. The van der Waals surface area contributed by atoms with Gasteiger partial charge >= 0.3 is 11.7 Å². The molecule has 2 N–H and O–H groups in total. The smallest absolute Gasteiger partial charge is 0.332 e. The molecule has 0 fully saturated rings. The number of hydrogen-bond donors (Lipinski definition) is 1. The lowest BCUT2D eigenvalue weighted by atomic mass is 10.1. The van der Waals surface area contributed by atoms with Crippen LogP contribution in [0.5, 0.6) is 0 Å². The van der Waals surface area contributed by atoms with Crippen molar-refractivity contribution in [2.24, 2.45) is 13.0 Å². The first-order valence-electron chi connectivity index (χ1n) is 10.6. The fourth-order valence-corrected chi connectivity index (χ4v) is 3.33. The number of nitrogen functional groups attached to an aromatic ring is 1. The van der Waals surface area contributed by atoms with E-state index in [1.165, 1.54) is 11.6 Å². The number of rotatable bonds is 9. The zero-order valence-electron chi connectivity index (χ0n) is 18.9. The van der Waals surface area contributed by atoms with Gasteiger partial charge in [0.25, 0.3) is 5.56 Å². The highest BCUT2D eigenvalue weighted by Crippen LogP contribution is 2.11. The van der Waals surface area contributed by atoms with Crippen LogP contribution < -0.4 is 17.0 Å². The molecule has 10 nitrogen and oxygen atoms in total. The summed E-state index contributed by atoms with van der Waals surface area (Å²) in [5.74, 6) is -1.50. The van der Waals surface area contributed by atoms with Crippen LogP contribution in [0.4, 0.5) is 5.82 Å². The van der Waals surface area contributed by atoms with Gasteiger partial charge in [-0.3, -0.25) is 23.5 Å². The van der Waals surface area contributed by atoms with E-state index in [1.807, 2.05) is 50.4 Å². The molecule has 0 amide bonds. The van der Waals surface area contributed by atoms with Crippen LogP contribution in [0.15, 0.2) is 52.3 Å². The summed E-state index contributed by atoms with van der Waals surface area (Å²) in [6.07, 6.45) is 3.89. The van der Waals surface area contributed by atoms with Crippen LogP contribution in [-0.4, -0.2) is 37.3 Å². The number of anilines is 1. The Bertz CT molecular complexity index is 1270. The maximum atomic E-state index is 12.6. The van der Waals surface area contributed by atoms with E-state index in [0.717, 1.165) is 15.8 Å². The molecular formula is C23H27N5O5. The topological polar surface area (TPSA) is 131 Å². The van der Waals surface area contributed by atoms with Crippen molar-refractivity contribution in [3.05, 3.63) is 74.7 Å². The lowest BCUT2D eigenvalue weighted by Gasteiger charge is -2.16. The first-order chi connectivity index (χ1) is 15.7. The number of esters is 1. The second kappa shape index (κ2) is 10.1. The summed E-state index contributed by atoms with van der Waals surface area (Å²) in [5.41, 5.74) is 5.94. The number of ketones is 1. The standard InChI is InChI=1S/C23H27N5O5/c1-15(2)12-27-21(24)20(22(31)26(3)23(27)32)18(29)14-33-19(30)10-9-16-11-25-28(13-16)17-7-5-4-6-8-17/h4-8,11,13,15H,9-10,12,14,24H2,1-3H3. The van der Waals surface area contributed by atoms with Crippen LogP contribution in [-0.2, 0) is 29.5 Å². The van der Waals surface area contributed by atoms with Gasteiger partial charge in [-0.2, -0.15) is 5.10 Å². The highest BCUT2D eigenvalue weighted by Gasteiger charge is 2.23. The van der Waals surface area contributed by atoms with E-state index >= 15 is 0 Å². The minimum atomic E-state index is -0.813. The number of aromatic nitrogens is 4. The van der Waals surface area contributed by atoms with Gasteiger partial charge in [-0.15, -0.1) is 0 Å². The molecule has 0 aliphatic carbocycles. The summed E-state index contributed by atoms with van der Waals surface area (Å²) in [5, 5.41) is 4.27. The van der Waals surface area contributed by atoms with Gasteiger partial charge in [-0.1, -0.05) is 32.0 Å². The van der Waals surface area contributed by atoms with Crippen molar-refractivity contribution < 1.29 is 14.3 Å².